The minimum atomic E-state index is -0.645. The molecule has 0 atom stereocenters. The molecule has 0 aliphatic carbocycles. The molecule has 0 heterocycles. The van der Waals surface area contributed by atoms with E-state index in [1.807, 2.05) is 20.8 Å². The van der Waals surface area contributed by atoms with Gasteiger partial charge in [-0.15, -0.1) is 0 Å². The molecule has 2 aromatic rings. The molecule has 0 fully saturated rings. The van der Waals surface area contributed by atoms with Crippen LogP contribution in [-0.4, -0.2) is 38.5 Å². The molecule has 0 saturated carbocycles. The van der Waals surface area contributed by atoms with Crippen LogP contribution in [0.15, 0.2) is 42.5 Å². The Bertz CT molecular complexity index is 897. The SMILES string of the molecule is COc1ccc(C(=O)OCC(=O)c2ccc(NC(=O)C(C)(C)C)cc2)cc1OC. The first-order valence-corrected chi connectivity index (χ1v) is 8.99. The molecule has 29 heavy (non-hydrogen) atoms. The number of benzene rings is 2. The Hall–Kier alpha value is -3.35. The van der Waals surface area contributed by atoms with E-state index < -0.39 is 18.0 Å². The summed E-state index contributed by atoms with van der Waals surface area (Å²) in [7, 11) is 2.96. The third kappa shape index (κ3) is 5.81. The third-order valence-corrected chi connectivity index (χ3v) is 4.10. The number of ether oxygens (including phenoxy) is 3. The van der Waals surface area contributed by atoms with Crippen molar-refractivity contribution in [2.24, 2.45) is 5.41 Å². The van der Waals surface area contributed by atoms with Gasteiger partial charge in [0.2, 0.25) is 5.91 Å². The van der Waals surface area contributed by atoms with E-state index in [0.29, 0.717) is 22.7 Å². The van der Waals surface area contributed by atoms with E-state index in [4.69, 9.17) is 14.2 Å². The number of rotatable bonds is 7. The highest BCUT2D eigenvalue weighted by molar-refractivity contribution is 6.00. The Morgan fingerprint density at radius 1 is 0.862 bits per heavy atom. The number of ketones is 1. The van der Waals surface area contributed by atoms with Crippen molar-refractivity contribution in [3.8, 4) is 11.5 Å². The molecule has 0 aliphatic rings. The monoisotopic (exact) mass is 399 g/mol. The quantitative estimate of drug-likeness (QED) is 0.564. The Labute approximate surface area is 170 Å². The topological polar surface area (TPSA) is 90.9 Å². The van der Waals surface area contributed by atoms with Gasteiger partial charge < -0.3 is 19.5 Å². The zero-order valence-electron chi connectivity index (χ0n) is 17.2. The Morgan fingerprint density at radius 3 is 2.00 bits per heavy atom. The summed E-state index contributed by atoms with van der Waals surface area (Å²) >= 11 is 0. The molecule has 0 radical (unpaired) electrons. The van der Waals surface area contributed by atoms with Gasteiger partial charge >= 0.3 is 5.97 Å². The van der Waals surface area contributed by atoms with Crippen molar-refractivity contribution in [2.75, 3.05) is 26.1 Å². The fourth-order valence-corrected chi connectivity index (χ4v) is 2.32. The largest absolute Gasteiger partial charge is 0.493 e. The first-order valence-electron chi connectivity index (χ1n) is 8.99. The van der Waals surface area contributed by atoms with Crippen LogP contribution in [-0.2, 0) is 9.53 Å². The van der Waals surface area contributed by atoms with E-state index in [0.717, 1.165) is 0 Å². The fourth-order valence-electron chi connectivity index (χ4n) is 2.32. The van der Waals surface area contributed by atoms with Crippen molar-refractivity contribution in [3.63, 3.8) is 0 Å². The lowest BCUT2D eigenvalue weighted by atomic mass is 9.95. The van der Waals surface area contributed by atoms with Crippen LogP contribution in [0.1, 0.15) is 41.5 Å². The Balaban J connectivity index is 1.97. The summed E-state index contributed by atoms with van der Waals surface area (Å²) in [6.07, 6.45) is 0. The molecular formula is C22H25NO6. The fraction of sp³-hybridized carbons (Fsp3) is 0.318. The van der Waals surface area contributed by atoms with Crippen LogP contribution in [0.4, 0.5) is 5.69 Å². The number of anilines is 1. The molecular weight excluding hydrogens is 374 g/mol. The number of esters is 1. The normalized spacial score (nSPS) is 10.8. The molecule has 1 N–H and O–H groups in total. The van der Waals surface area contributed by atoms with Crippen LogP contribution in [0.25, 0.3) is 0 Å². The van der Waals surface area contributed by atoms with Gasteiger partial charge in [0, 0.05) is 16.7 Å². The van der Waals surface area contributed by atoms with Crippen molar-refractivity contribution in [1.29, 1.82) is 0 Å². The van der Waals surface area contributed by atoms with Crippen LogP contribution < -0.4 is 14.8 Å². The maximum Gasteiger partial charge on any atom is 0.338 e. The first kappa shape index (κ1) is 21.9. The summed E-state index contributed by atoms with van der Waals surface area (Å²) in [5.41, 5.74) is 0.686. The summed E-state index contributed by atoms with van der Waals surface area (Å²) in [5.74, 6) is -0.249. The predicted molar refractivity (Wildman–Crippen MR) is 109 cm³/mol. The highest BCUT2D eigenvalue weighted by atomic mass is 16.5. The maximum atomic E-state index is 12.3. The lowest BCUT2D eigenvalue weighted by molar-refractivity contribution is -0.123. The van der Waals surface area contributed by atoms with E-state index in [9.17, 15) is 14.4 Å². The van der Waals surface area contributed by atoms with E-state index in [-0.39, 0.29) is 17.3 Å². The van der Waals surface area contributed by atoms with E-state index in [2.05, 4.69) is 5.32 Å². The number of carbonyl (C=O) groups is 3. The van der Waals surface area contributed by atoms with Crippen LogP contribution in [0.3, 0.4) is 0 Å². The average Bonchev–Trinajstić information content (AvgIpc) is 2.70. The van der Waals surface area contributed by atoms with Gasteiger partial charge in [0.15, 0.2) is 23.9 Å². The first-order chi connectivity index (χ1) is 13.7. The van der Waals surface area contributed by atoms with Crippen molar-refractivity contribution in [1.82, 2.24) is 0 Å². The van der Waals surface area contributed by atoms with E-state index in [1.54, 1.807) is 30.3 Å². The van der Waals surface area contributed by atoms with Crippen molar-refractivity contribution in [2.45, 2.75) is 20.8 Å². The molecule has 7 heteroatoms. The molecule has 2 rings (SSSR count). The van der Waals surface area contributed by atoms with Crippen molar-refractivity contribution in [3.05, 3.63) is 53.6 Å². The molecule has 2 aromatic carbocycles. The second-order valence-corrected chi connectivity index (χ2v) is 7.35. The average molecular weight is 399 g/mol. The van der Waals surface area contributed by atoms with Gasteiger partial charge in [0.05, 0.1) is 19.8 Å². The molecule has 0 aliphatic heterocycles. The Kier molecular flexibility index (Phi) is 6.98. The number of nitrogens with one attached hydrogen (secondary N) is 1. The van der Waals surface area contributed by atoms with Crippen molar-refractivity contribution < 1.29 is 28.6 Å². The molecule has 0 bridgehead atoms. The Morgan fingerprint density at radius 2 is 1.45 bits per heavy atom. The predicted octanol–water partition coefficient (Wildman–Crippen LogP) is 3.73. The molecule has 0 spiro atoms. The van der Waals surface area contributed by atoms with Gasteiger partial charge in [-0.1, -0.05) is 20.8 Å². The highest BCUT2D eigenvalue weighted by Gasteiger charge is 2.21. The van der Waals surface area contributed by atoms with Crippen LogP contribution >= 0.6 is 0 Å². The molecule has 7 nitrogen and oxygen atoms in total. The molecule has 154 valence electrons. The minimum absolute atomic E-state index is 0.125. The van der Waals surface area contributed by atoms with Crippen LogP contribution in [0, 0.1) is 5.41 Å². The number of methoxy groups -OCH3 is 2. The van der Waals surface area contributed by atoms with E-state index in [1.165, 1.54) is 26.4 Å². The standard InChI is InChI=1S/C22H25NO6/c1-22(2,3)21(26)23-16-9-6-14(7-10-16)17(24)13-29-20(25)15-8-11-18(27-4)19(12-15)28-5/h6-12H,13H2,1-5H3,(H,23,26). The van der Waals surface area contributed by atoms with Gasteiger partial charge in [-0.05, 0) is 42.5 Å². The number of hydrogen-bond donors (Lipinski definition) is 1. The van der Waals surface area contributed by atoms with Gasteiger partial charge in [-0.2, -0.15) is 0 Å². The summed E-state index contributed by atoms with van der Waals surface area (Å²) in [6, 6.07) is 11.0. The van der Waals surface area contributed by atoms with Gasteiger partial charge in [-0.25, -0.2) is 4.79 Å². The summed E-state index contributed by atoms with van der Waals surface area (Å²) < 4.78 is 15.4. The molecule has 0 unspecified atom stereocenters. The summed E-state index contributed by atoms with van der Waals surface area (Å²) in [4.78, 5) is 36.5. The second-order valence-electron chi connectivity index (χ2n) is 7.35. The minimum Gasteiger partial charge on any atom is -0.493 e. The number of hydrogen-bond acceptors (Lipinski definition) is 6. The third-order valence-electron chi connectivity index (χ3n) is 4.10. The summed E-state index contributed by atoms with van der Waals surface area (Å²) in [5, 5.41) is 2.78. The molecule has 0 saturated heterocycles. The van der Waals surface area contributed by atoms with Crippen LogP contribution in [0.5, 0.6) is 11.5 Å². The molecule has 1 amide bonds. The van der Waals surface area contributed by atoms with Gasteiger partial charge in [0.1, 0.15) is 0 Å². The highest BCUT2D eigenvalue weighted by Crippen LogP contribution is 2.27. The lowest BCUT2D eigenvalue weighted by Crippen LogP contribution is -2.27. The van der Waals surface area contributed by atoms with Gasteiger partial charge in [-0.3, -0.25) is 9.59 Å². The number of Topliss-reactive ketones (excluding diaryl/α,β-unsaturated/α-hetero) is 1. The lowest BCUT2D eigenvalue weighted by Gasteiger charge is -2.17. The zero-order valence-corrected chi connectivity index (χ0v) is 17.2. The maximum absolute atomic E-state index is 12.3. The zero-order chi connectivity index (χ0) is 21.6. The number of carbonyl (C=O) groups excluding carboxylic acids is 3. The number of amides is 1. The smallest absolute Gasteiger partial charge is 0.338 e. The molecule has 0 aromatic heterocycles. The van der Waals surface area contributed by atoms with Crippen LogP contribution in [0.2, 0.25) is 0 Å². The van der Waals surface area contributed by atoms with E-state index >= 15 is 0 Å². The summed E-state index contributed by atoms with van der Waals surface area (Å²) in [6.45, 7) is 5.04. The van der Waals surface area contributed by atoms with Gasteiger partial charge in [0.25, 0.3) is 0 Å². The van der Waals surface area contributed by atoms with Crippen molar-refractivity contribution >= 4 is 23.3 Å². The second kappa shape index (κ2) is 9.23.